The SMILES string of the molecule is O=C(CSc1nc2ccccc2c(=O)n1Cc1ccccc1Cl)NC1CCCCC1. The minimum Gasteiger partial charge on any atom is -0.353 e. The zero-order valence-electron chi connectivity index (χ0n) is 16.6. The van der Waals surface area contributed by atoms with Crippen LogP contribution in [0.4, 0.5) is 0 Å². The number of hydrogen-bond donors (Lipinski definition) is 1. The molecule has 0 saturated heterocycles. The lowest BCUT2D eigenvalue weighted by molar-refractivity contribution is -0.119. The quantitative estimate of drug-likeness (QED) is 0.447. The maximum Gasteiger partial charge on any atom is 0.262 e. The van der Waals surface area contributed by atoms with Crippen LogP contribution in [0, 0.1) is 0 Å². The molecule has 0 unspecified atom stereocenters. The molecule has 0 spiro atoms. The number of hydrogen-bond acceptors (Lipinski definition) is 4. The number of carbonyl (C=O) groups excluding carboxylic acids is 1. The Kier molecular flexibility index (Phi) is 6.75. The molecule has 2 aromatic carbocycles. The van der Waals surface area contributed by atoms with Crippen LogP contribution < -0.4 is 10.9 Å². The van der Waals surface area contributed by atoms with E-state index < -0.39 is 0 Å². The van der Waals surface area contributed by atoms with E-state index in [-0.39, 0.29) is 23.3 Å². The molecule has 1 aliphatic carbocycles. The van der Waals surface area contributed by atoms with Crippen molar-refractivity contribution in [1.29, 1.82) is 0 Å². The second-order valence-corrected chi connectivity index (χ2v) is 8.94. The summed E-state index contributed by atoms with van der Waals surface area (Å²) >= 11 is 7.62. The zero-order valence-corrected chi connectivity index (χ0v) is 18.2. The van der Waals surface area contributed by atoms with Crippen molar-refractivity contribution < 1.29 is 4.79 Å². The van der Waals surface area contributed by atoms with Crippen molar-refractivity contribution in [3.63, 3.8) is 0 Å². The van der Waals surface area contributed by atoms with Crippen LogP contribution in [0.15, 0.2) is 58.5 Å². The van der Waals surface area contributed by atoms with Crippen LogP contribution in [0.1, 0.15) is 37.7 Å². The Balaban J connectivity index is 1.59. The summed E-state index contributed by atoms with van der Waals surface area (Å²) in [6.45, 7) is 0.308. The molecule has 1 fully saturated rings. The lowest BCUT2D eigenvalue weighted by Gasteiger charge is -2.22. The molecule has 4 rings (SSSR count). The summed E-state index contributed by atoms with van der Waals surface area (Å²) in [5.74, 6) is 0.211. The molecule has 156 valence electrons. The van der Waals surface area contributed by atoms with Crippen LogP contribution in [0.3, 0.4) is 0 Å². The molecule has 3 aromatic rings. The molecule has 0 bridgehead atoms. The Morgan fingerprint density at radius 3 is 2.63 bits per heavy atom. The normalized spacial score (nSPS) is 14.7. The summed E-state index contributed by atoms with van der Waals surface area (Å²) in [6.07, 6.45) is 5.67. The Morgan fingerprint density at radius 1 is 1.10 bits per heavy atom. The van der Waals surface area contributed by atoms with Gasteiger partial charge in [0.2, 0.25) is 5.91 Å². The van der Waals surface area contributed by atoms with Crippen molar-refractivity contribution in [3.05, 3.63) is 69.5 Å². The van der Waals surface area contributed by atoms with Gasteiger partial charge in [-0.3, -0.25) is 14.2 Å². The number of nitrogens with zero attached hydrogens (tertiary/aromatic N) is 2. The van der Waals surface area contributed by atoms with E-state index in [0.29, 0.717) is 27.6 Å². The summed E-state index contributed by atoms with van der Waals surface area (Å²) < 4.78 is 1.61. The molecule has 1 N–H and O–H groups in total. The summed E-state index contributed by atoms with van der Waals surface area (Å²) in [5.41, 5.74) is 1.34. The van der Waals surface area contributed by atoms with Gasteiger partial charge in [-0.15, -0.1) is 0 Å². The van der Waals surface area contributed by atoms with Crippen molar-refractivity contribution in [2.24, 2.45) is 0 Å². The molecule has 5 nitrogen and oxygen atoms in total. The highest BCUT2D eigenvalue weighted by atomic mass is 35.5. The minimum absolute atomic E-state index is 0.0152. The smallest absolute Gasteiger partial charge is 0.262 e. The Morgan fingerprint density at radius 2 is 1.83 bits per heavy atom. The van der Waals surface area contributed by atoms with Crippen LogP contribution in [0.25, 0.3) is 10.9 Å². The van der Waals surface area contributed by atoms with Gasteiger partial charge >= 0.3 is 0 Å². The molecule has 1 aliphatic rings. The highest BCUT2D eigenvalue weighted by molar-refractivity contribution is 7.99. The number of rotatable bonds is 6. The van der Waals surface area contributed by atoms with Gasteiger partial charge in [0, 0.05) is 11.1 Å². The van der Waals surface area contributed by atoms with Gasteiger partial charge in [0.05, 0.1) is 23.2 Å². The summed E-state index contributed by atoms with van der Waals surface area (Å²) in [4.78, 5) is 30.4. The molecule has 1 aromatic heterocycles. The number of aromatic nitrogens is 2. The molecule has 0 atom stereocenters. The maximum absolute atomic E-state index is 13.2. The van der Waals surface area contributed by atoms with Crippen molar-refractivity contribution >= 4 is 40.2 Å². The van der Waals surface area contributed by atoms with E-state index in [1.54, 1.807) is 16.7 Å². The van der Waals surface area contributed by atoms with Gasteiger partial charge in [-0.1, -0.05) is 73.0 Å². The summed E-state index contributed by atoms with van der Waals surface area (Å²) in [5, 5.41) is 4.81. The highest BCUT2D eigenvalue weighted by Crippen LogP contribution is 2.22. The fraction of sp³-hybridized carbons (Fsp3) is 0.348. The van der Waals surface area contributed by atoms with Crippen LogP contribution in [-0.2, 0) is 11.3 Å². The van der Waals surface area contributed by atoms with E-state index in [1.807, 2.05) is 36.4 Å². The molecular weight excluding hydrogens is 418 g/mol. The van der Waals surface area contributed by atoms with Gasteiger partial charge in [-0.2, -0.15) is 0 Å². The summed E-state index contributed by atoms with van der Waals surface area (Å²) in [7, 11) is 0. The number of para-hydroxylation sites is 1. The molecule has 1 saturated carbocycles. The average Bonchev–Trinajstić information content (AvgIpc) is 2.76. The molecule has 7 heteroatoms. The number of carbonyl (C=O) groups is 1. The fourth-order valence-corrected chi connectivity index (χ4v) is 4.85. The number of benzene rings is 2. The Bertz CT molecular complexity index is 1110. The summed E-state index contributed by atoms with van der Waals surface area (Å²) in [6, 6.07) is 15.0. The molecule has 30 heavy (non-hydrogen) atoms. The third-order valence-electron chi connectivity index (χ3n) is 5.42. The van der Waals surface area contributed by atoms with Crippen LogP contribution in [-0.4, -0.2) is 27.3 Å². The van der Waals surface area contributed by atoms with E-state index in [4.69, 9.17) is 11.6 Å². The van der Waals surface area contributed by atoms with E-state index in [9.17, 15) is 9.59 Å². The van der Waals surface area contributed by atoms with Gasteiger partial charge in [0.15, 0.2) is 5.16 Å². The molecule has 1 heterocycles. The molecule has 0 aliphatic heterocycles. The van der Waals surface area contributed by atoms with Gasteiger partial charge < -0.3 is 5.32 Å². The zero-order chi connectivity index (χ0) is 20.9. The van der Waals surface area contributed by atoms with Gasteiger partial charge in [-0.05, 0) is 36.6 Å². The Labute approximate surface area is 184 Å². The van der Waals surface area contributed by atoms with Crippen LogP contribution in [0.2, 0.25) is 5.02 Å². The molecule has 0 radical (unpaired) electrons. The topological polar surface area (TPSA) is 64.0 Å². The minimum atomic E-state index is -0.129. The van der Waals surface area contributed by atoms with E-state index in [2.05, 4.69) is 10.3 Å². The number of fused-ring (bicyclic) bond motifs is 1. The molecule has 1 amide bonds. The first-order valence-corrected chi connectivity index (χ1v) is 11.6. The van der Waals surface area contributed by atoms with Gasteiger partial charge in [-0.25, -0.2) is 4.98 Å². The highest BCUT2D eigenvalue weighted by Gasteiger charge is 2.18. The standard InChI is InChI=1S/C23H24ClN3O2S/c24-19-12-6-4-8-16(19)14-27-22(29)18-11-5-7-13-20(18)26-23(27)30-15-21(28)25-17-9-2-1-3-10-17/h4-8,11-13,17H,1-3,9-10,14-15H2,(H,25,28). The van der Waals surface area contributed by atoms with E-state index >= 15 is 0 Å². The lowest BCUT2D eigenvalue weighted by atomic mass is 9.95. The number of thioether (sulfide) groups is 1. The monoisotopic (exact) mass is 441 g/mol. The number of amides is 1. The largest absolute Gasteiger partial charge is 0.353 e. The van der Waals surface area contributed by atoms with Crippen LogP contribution >= 0.6 is 23.4 Å². The lowest BCUT2D eigenvalue weighted by Crippen LogP contribution is -2.37. The average molecular weight is 442 g/mol. The predicted molar refractivity (Wildman–Crippen MR) is 122 cm³/mol. The maximum atomic E-state index is 13.2. The number of halogens is 1. The first-order chi connectivity index (χ1) is 14.6. The number of nitrogens with one attached hydrogen (secondary N) is 1. The Hall–Kier alpha value is -2.31. The van der Waals surface area contributed by atoms with E-state index in [0.717, 1.165) is 18.4 Å². The van der Waals surface area contributed by atoms with Crippen molar-refractivity contribution in [3.8, 4) is 0 Å². The van der Waals surface area contributed by atoms with Gasteiger partial charge in [0.1, 0.15) is 0 Å². The van der Waals surface area contributed by atoms with Gasteiger partial charge in [0.25, 0.3) is 5.56 Å². The third kappa shape index (κ3) is 4.87. The second kappa shape index (κ2) is 9.67. The third-order valence-corrected chi connectivity index (χ3v) is 6.76. The van der Waals surface area contributed by atoms with Crippen molar-refractivity contribution in [2.45, 2.75) is 49.8 Å². The van der Waals surface area contributed by atoms with Crippen molar-refractivity contribution in [1.82, 2.24) is 14.9 Å². The van der Waals surface area contributed by atoms with Crippen LogP contribution in [0.5, 0.6) is 0 Å². The van der Waals surface area contributed by atoms with Crippen molar-refractivity contribution in [2.75, 3.05) is 5.75 Å². The molecular formula is C23H24ClN3O2S. The first kappa shape index (κ1) is 20.9. The fourth-order valence-electron chi connectivity index (χ4n) is 3.84. The predicted octanol–water partition coefficient (Wildman–Crippen LogP) is 4.64. The second-order valence-electron chi connectivity index (χ2n) is 7.59. The first-order valence-electron chi connectivity index (χ1n) is 10.3. The van der Waals surface area contributed by atoms with E-state index in [1.165, 1.54) is 31.0 Å².